The van der Waals surface area contributed by atoms with Gasteiger partial charge in [-0.2, -0.15) is 0 Å². The zero-order valence-corrected chi connectivity index (χ0v) is 10.3. The van der Waals surface area contributed by atoms with E-state index < -0.39 is 0 Å². The highest BCUT2D eigenvalue weighted by Gasteiger charge is 2.10. The van der Waals surface area contributed by atoms with Gasteiger partial charge in [-0.1, -0.05) is 32.7 Å². The summed E-state index contributed by atoms with van der Waals surface area (Å²) in [4.78, 5) is 0. The number of rotatable bonds is 2. The van der Waals surface area contributed by atoms with Crippen molar-refractivity contribution in [1.82, 2.24) is 5.32 Å². The van der Waals surface area contributed by atoms with E-state index >= 15 is 0 Å². The molecule has 0 heterocycles. The third-order valence-corrected chi connectivity index (χ3v) is 2.10. The van der Waals surface area contributed by atoms with Gasteiger partial charge in [0, 0.05) is 6.04 Å². The van der Waals surface area contributed by atoms with Crippen molar-refractivity contribution in [2.24, 2.45) is 0 Å². The topological polar surface area (TPSA) is 12.0 Å². The van der Waals surface area contributed by atoms with Gasteiger partial charge < -0.3 is 5.32 Å². The van der Waals surface area contributed by atoms with E-state index in [1.54, 1.807) is 0 Å². The number of nitrogens with one attached hydrogen (secondary N) is 1. The lowest BCUT2D eigenvalue weighted by Gasteiger charge is -2.21. The molecule has 0 bridgehead atoms. The molecular weight excluding hydrogens is 150 g/mol. The molecule has 0 aromatic heterocycles. The van der Waals surface area contributed by atoms with Gasteiger partial charge in [0.1, 0.15) is 0 Å². The Morgan fingerprint density at radius 3 is 2.18 bits per heavy atom. The first-order valence-corrected chi connectivity index (χ1v) is 7.17. The molecule has 1 N–H and O–H groups in total. The summed E-state index contributed by atoms with van der Waals surface area (Å²) in [5.74, 6) is 0. The van der Waals surface area contributed by atoms with Gasteiger partial charge in [-0.25, -0.2) is 0 Å². The molecule has 0 radical (unpaired) electrons. The highest BCUT2D eigenvalue weighted by Crippen LogP contribution is 2.16. The first kappa shape index (κ1) is 11.2. The van der Waals surface area contributed by atoms with Gasteiger partial charge in [0.15, 0.2) is 0 Å². The molecule has 11 heavy (non-hydrogen) atoms. The van der Waals surface area contributed by atoms with Crippen LogP contribution in [0.15, 0.2) is 0 Å². The average Bonchev–Trinajstić information content (AvgIpc) is 2.11. The molecule has 0 saturated heterocycles. The van der Waals surface area contributed by atoms with E-state index in [-0.39, 0.29) is 0 Å². The van der Waals surface area contributed by atoms with Gasteiger partial charge in [0.2, 0.25) is 0 Å². The summed E-state index contributed by atoms with van der Waals surface area (Å²) in [6.07, 6.45) is 7.17. The predicted octanol–water partition coefficient (Wildman–Crippen LogP) is 1.33. The summed E-state index contributed by atoms with van der Waals surface area (Å²) in [7, 11) is 1.31. The molecule has 0 spiro atoms. The highest BCUT2D eigenvalue weighted by molar-refractivity contribution is 6.05. The normalized spacial score (nSPS) is 19.1. The molecule has 1 aliphatic rings. The molecular formula is C9H23NSi. The summed E-state index contributed by atoms with van der Waals surface area (Å²) >= 11 is 0. The quantitative estimate of drug-likeness (QED) is 0.621. The van der Waals surface area contributed by atoms with Gasteiger partial charge in [-0.15, -0.1) is 0 Å². The van der Waals surface area contributed by atoms with Crippen molar-refractivity contribution in [2.75, 3.05) is 6.54 Å². The second kappa shape index (κ2) is 8.28. The molecule has 0 aliphatic heterocycles. The SMILES string of the molecule is CCNC1CCCCC1.C[SiH3]. The van der Waals surface area contributed by atoms with Crippen LogP contribution < -0.4 is 5.32 Å². The zero-order chi connectivity index (χ0) is 8.53. The summed E-state index contributed by atoms with van der Waals surface area (Å²) in [5.41, 5.74) is 0. The van der Waals surface area contributed by atoms with Crippen molar-refractivity contribution in [2.45, 2.75) is 51.6 Å². The molecule has 68 valence electrons. The van der Waals surface area contributed by atoms with E-state index in [0.717, 1.165) is 12.6 Å². The molecule has 2 heteroatoms. The van der Waals surface area contributed by atoms with Crippen LogP contribution in [0.3, 0.4) is 0 Å². The van der Waals surface area contributed by atoms with Crippen LogP contribution in [-0.4, -0.2) is 22.8 Å². The van der Waals surface area contributed by atoms with Gasteiger partial charge in [-0.05, 0) is 29.6 Å². The lowest BCUT2D eigenvalue weighted by Crippen LogP contribution is -2.30. The Morgan fingerprint density at radius 2 is 1.73 bits per heavy atom. The molecule has 1 aliphatic carbocycles. The second-order valence-electron chi connectivity index (χ2n) is 2.89. The smallest absolute Gasteiger partial charge is 0.00669 e. The Labute approximate surface area is 74.4 Å². The Morgan fingerprint density at radius 1 is 1.18 bits per heavy atom. The van der Waals surface area contributed by atoms with Crippen LogP contribution in [0.5, 0.6) is 0 Å². The molecule has 0 atom stereocenters. The second-order valence-corrected chi connectivity index (χ2v) is 2.89. The van der Waals surface area contributed by atoms with Crippen molar-refractivity contribution >= 4 is 10.2 Å². The van der Waals surface area contributed by atoms with Gasteiger partial charge in [0.25, 0.3) is 0 Å². The molecule has 1 nitrogen and oxygen atoms in total. The van der Waals surface area contributed by atoms with E-state index in [2.05, 4.69) is 18.8 Å². The molecule has 0 aromatic carbocycles. The maximum Gasteiger partial charge on any atom is 0.00669 e. The molecule has 1 fully saturated rings. The minimum atomic E-state index is 0.851. The third-order valence-electron chi connectivity index (χ3n) is 2.10. The molecule has 0 aromatic rings. The Bertz CT molecular complexity index is 67.2. The number of hydrogen-bond acceptors (Lipinski definition) is 1. The van der Waals surface area contributed by atoms with Gasteiger partial charge in [0.05, 0.1) is 0 Å². The Balaban J connectivity index is 0.000000461. The van der Waals surface area contributed by atoms with E-state index in [9.17, 15) is 0 Å². The third kappa shape index (κ3) is 5.45. The molecule has 0 amide bonds. The molecule has 0 unspecified atom stereocenters. The van der Waals surface area contributed by atoms with Crippen LogP contribution in [0.4, 0.5) is 0 Å². The van der Waals surface area contributed by atoms with E-state index in [1.165, 1.54) is 42.3 Å². The standard InChI is InChI=1S/C8H17N.CH6Si/c1-2-9-8-6-4-3-5-7-8;1-2/h8-9H,2-7H2,1H3;1-2H3. The van der Waals surface area contributed by atoms with Crippen molar-refractivity contribution in [3.05, 3.63) is 0 Å². The van der Waals surface area contributed by atoms with E-state index in [0.29, 0.717) is 0 Å². The summed E-state index contributed by atoms with van der Waals surface area (Å²) < 4.78 is 0. The fourth-order valence-corrected chi connectivity index (χ4v) is 1.60. The lowest BCUT2D eigenvalue weighted by molar-refractivity contribution is 0.380. The fourth-order valence-electron chi connectivity index (χ4n) is 1.60. The van der Waals surface area contributed by atoms with Crippen molar-refractivity contribution in [3.63, 3.8) is 0 Å². The van der Waals surface area contributed by atoms with E-state index in [1.807, 2.05) is 0 Å². The van der Waals surface area contributed by atoms with Crippen molar-refractivity contribution in [1.29, 1.82) is 0 Å². The minimum absolute atomic E-state index is 0.851. The van der Waals surface area contributed by atoms with Gasteiger partial charge >= 0.3 is 0 Å². The fraction of sp³-hybridized carbons (Fsp3) is 1.00. The maximum atomic E-state index is 3.48. The van der Waals surface area contributed by atoms with Crippen LogP contribution in [0.2, 0.25) is 6.55 Å². The van der Waals surface area contributed by atoms with E-state index in [4.69, 9.17) is 0 Å². The van der Waals surface area contributed by atoms with Crippen LogP contribution in [-0.2, 0) is 0 Å². The monoisotopic (exact) mass is 173 g/mol. The Hall–Kier alpha value is 0.177. The first-order chi connectivity index (χ1) is 5.43. The predicted molar refractivity (Wildman–Crippen MR) is 56.4 cm³/mol. The van der Waals surface area contributed by atoms with Crippen LogP contribution >= 0.6 is 0 Å². The molecule has 1 rings (SSSR count). The average molecular weight is 173 g/mol. The first-order valence-electron chi connectivity index (χ1n) is 5.17. The summed E-state index contributed by atoms with van der Waals surface area (Å²) in [6, 6.07) is 0.851. The zero-order valence-electron chi connectivity index (χ0n) is 8.32. The van der Waals surface area contributed by atoms with Crippen molar-refractivity contribution in [3.8, 4) is 0 Å². The molecule has 1 saturated carbocycles. The van der Waals surface area contributed by atoms with Crippen molar-refractivity contribution < 1.29 is 0 Å². The van der Waals surface area contributed by atoms with Crippen LogP contribution in [0.1, 0.15) is 39.0 Å². The van der Waals surface area contributed by atoms with Crippen LogP contribution in [0, 0.1) is 0 Å². The lowest BCUT2D eigenvalue weighted by atomic mass is 9.96. The maximum absolute atomic E-state index is 3.48. The number of hydrogen-bond donors (Lipinski definition) is 1. The van der Waals surface area contributed by atoms with Crippen LogP contribution in [0.25, 0.3) is 0 Å². The largest absolute Gasteiger partial charge is 0.314 e. The van der Waals surface area contributed by atoms with Gasteiger partial charge in [-0.3, -0.25) is 0 Å². The Kier molecular flexibility index (Phi) is 8.41. The highest BCUT2D eigenvalue weighted by atomic mass is 28.1. The minimum Gasteiger partial charge on any atom is -0.314 e. The summed E-state index contributed by atoms with van der Waals surface area (Å²) in [5, 5.41) is 3.48. The summed E-state index contributed by atoms with van der Waals surface area (Å²) in [6.45, 7) is 5.47.